The van der Waals surface area contributed by atoms with Gasteiger partial charge in [0.15, 0.2) is 0 Å². The van der Waals surface area contributed by atoms with Gasteiger partial charge in [-0.25, -0.2) is 9.37 Å². The smallest absolute Gasteiger partial charge is 0.139 e. The second kappa shape index (κ2) is 5.60. The van der Waals surface area contributed by atoms with Crippen LogP contribution in [0.2, 0.25) is 0 Å². The molecule has 2 rings (SSSR count). The van der Waals surface area contributed by atoms with E-state index in [9.17, 15) is 4.39 Å². The molecule has 0 aliphatic heterocycles. The van der Waals surface area contributed by atoms with E-state index in [1.54, 1.807) is 6.07 Å². The summed E-state index contributed by atoms with van der Waals surface area (Å²) in [5.41, 5.74) is 1.49. The first-order valence-corrected chi connectivity index (χ1v) is 6.41. The fourth-order valence-electron chi connectivity index (χ4n) is 1.59. The fraction of sp³-hybridized carbons (Fsp3) is 0.417. The molecule has 5 heteroatoms. The van der Waals surface area contributed by atoms with E-state index in [4.69, 9.17) is 4.74 Å². The second-order valence-corrected chi connectivity index (χ2v) is 4.68. The van der Waals surface area contributed by atoms with Gasteiger partial charge in [-0.05, 0) is 28.4 Å². The largest absolute Gasteiger partial charge is 0.381 e. The first-order chi connectivity index (χ1) is 8.20. The molecule has 17 heavy (non-hydrogen) atoms. The van der Waals surface area contributed by atoms with Crippen LogP contribution in [0.3, 0.4) is 0 Å². The maximum Gasteiger partial charge on any atom is 0.139 e. The Bertz CT molecular complexity index is 473. The summed E-state index contributed by atoms with van der Waals surface area (Å²) in [6.07, 6.45) is 1.73. The SMILES string of the molecule is CCCOCCc1nc2cc(Br)c(F)cc2[nH]1. The topological polar surface area (TPSA) is 37.9 Å². The number of hydrogen-bond donors (Lipinski definition) is 1. The number of rotatable bonds is 5. The molecule has 3 nitrogen and oxygen atoms in total. The molecule has 0 aliphatic carbocycles. The van der Waals surface area contributed by atoms with Crippen LogP contribution in [-0.4, -0.2) is 23.2 Å². The Morgan fingerprint density at radius 1 is 1.41 bits per heavy atom. The van der Waals surface area contributed by atoms with Crippen LogP contribution in [0, 0.1) is 5.82 Å². The van der Waals surface area contributed by atoms with E-state index in [2.05, 4.69) is 32.8 Å². The lowest BCUT2D eigenvalue weighted by Gasteiger charge is -1.98. The lowest BCUT2D eigenvalue weighted by molar-refractivity contribution is 0.137. The van der Waals surface area contributed by atoms with Gasteiger partial charge in [0.05, 0.1) is 22.1 Å². The number of benzene rings is 1. The molecule has 0 unspecified atom stereocenters. The molecule has 1 aromatic heterocycles. The van der Waals surface area contributed by atoms with Gasteiger partial charge in [0.25, 0.3) is 0 Å². The van der Waals surface area contributed by atoms with Crippen molar-refractivity contribution in [2.75, 3.05) is 13.2 Å². The summed E-state index contributed by atoms with van der Waals surface area (Å²) in [4.78, 5) is 7.47. The van der Waals surface area contributed by atoms with Gasteiger partial charge < -0.3 is 9.72 Å². The zero-order chi connectivity index (χ0) is 12.3. The first kappa shape index (κ1) is 12.5. The highest BCUT2D eigenvalue weighted by Crippen LogP contribution is 2.21. The molecule has 0 aliphatic rings. The molecule has 0 radical (unpaired) electrons. The molecule has 1 N–H and O–H groups in total. The lowest BCUT2D eigenvalue weighted by Crippen LogP contribution is -2.00. The number of ether oxygens (including phenoxy) is 1. The van der Waals surface area contributed by atoms with Crippen molar-refractivity contribution in [3.05, 3.63) is 28.2 Å². The highest BCUT2D eigenvalue weighted by Gasteiger charge is 2.07. The number of H-pyrrole nitrogens is 1. The van der Waals surface area contributed by atoms with Gasteiger partial charge in [0.1, 0.15) is 11.6 Å². The minimum atomic E-state index is -0.282. The Balaban J connectivity index is 2.09. The third kappa shape index (κ3) is 3.04. The van der Waals surface area contributed by atoms with Gasteiger partial charge >= 0.3 is 0 Å². The molecule has 0 atom stereocenters. The predicted octanol–water partition coefficient (Wildman–Crippen LogP) is 3.43. The average molecular weight is 301 g/mol. The van der Waals surface area contributed by atoms with Crippen LogP contribution in [0.25, 0.3) is 11.0 Å². The summed E-state index contributed by atoms with van der Waals surface area (Å²) in [7, 11) is 0. The van der Waals surface area contributed by atoms with Gasteiger partial charge in [-0.15, -0.1) is 0 Å². The van der Waals surface area contributed by atoms with Crippen molar-refractivity contribution in [3.63, 3.8) is 0 Å². The standard InChI is InChI=1S/C12H14BrFN2O/c1-2-4-17-5-3-12-15-10-6-8(13)9(14)7-11(10)16-12/h6-7H,2-5H2,1H3,(H,15,16). The Labute approximate surface area is 108 Å². The average Bonchev–Trinajstić information content (AvgIpc) is 2.67. The molecule has 0 fully saturated rings. The number of aromatic amines is 1. The zero-order valence-electron chi connectivity index (χ0n) is 9.59. The zero-order valence-corrected chi connectivity index (χ0v) is 11.2. The quantitative estimate of drug-likeness (QED) is 0.859. The lowest BCUT2D eigenvalue weighted by atomic mass is 10.3. The van der Waals surface area contributed by atoms with Crippen molar-refractivity contribution in [2.45, 2.75) is 19.8 Å². The summed E-state index contributed by atoms with van der Waals surface area (Å²) in [6.45, 7) is 3.47. The van der Waals surface area contributed by atoms with Gasteiger partial charge in [0, 0.05) is 19.1 Å². The van der Waals surface area contributed by atoms with E-state index in [1.165, 1.54) is 6.07 Å². The van der Waals surface area contributed by atoms with E-state index in [1.807, 2.05) is 0 Å². The summed E-state index contributed by atoms with van der Waals surface area (Å²) < 4.78 is 19.1. The number of hydrogen-bond acceptors (Lipinski definition) is 2. The van der Waals surface area contributed by atoms with Crippen LogP contribution in [0.15, 0.2) is 16.6 Å². The number of nitrogens with zero attached hydrogens (tertiary/aromatic N) is 1. The molecule has 1 aromatic carbocycles. The molecular formula is C12H14BrFN2O. The summed E-state index contributed by atoms with van der Waals surface area (Å²) in [5, 5.41) is 0. The van der Waals surface area contributed by atoms with Crippen LogP contribution < -0.4 is 0 Å². The van der Waals surface area contributed by atoms with Crippen molar-refractivity contribution >= 4 is 27.0 Å². The van der Waals surface area contributed by atoms with Crippen molar-refractivity contribution < 1.29 is 9.13 Å². The maximum atomic E-state index is 13.3. The number of aromatic nitrogens is 2. The van der Waals surface area contributed by atoms with Crippen LogP contribution >= 0.6 is 15.9 Å². The maximum absolute atomic E-state index is 13.3. The monoisotopic (exact) mass is 300 g/mol. The van der Waals surface area contributed by atoms with Crippen LogP contribution in [0.4, 0.5) is 4.39 Å². The molecular weight excluding hydrogens is 287 g/mol. The fourth-order valence-corrected chi connectivity index (χ4v) is 1.92. The van der Waals surface area contributed by atoms with E-state index in [-0.39, 0.29) is 5.82 Å². The Kier molecular flexibility index (Phi) is 4.12. The van der Waals surface area contributed by atoms with Crippen molar-refractivity contribution in [1.82, 2.24) is 9.97 Å². The van der Waals surface area contributed by atoms with Crippen LogP contribution in [0.5, 0.6) is 0 Å². The van der Waals surface area contributed by atoms with E-state index in [0.29, 0.717) is 17.5 Å². The molecule has 0 saturated carbocycles. The third-order valence-electron chi connectivity index (χ3n) is 2.40. The van der Waals surface area contributed by atoms with Crippen molar-refractivity contribution in [3.8, 4) is 0 Å². The molecule has 0 amide bonds. The molecule has 92 valence electrons. The summed E-state index contributed by atoms with van der Waals surface area (Å²) >= 11 is 3.15. The minimum absolute atomic E-state index is 0.282. The number of nitrogens with one attached hydrogen (secondary N) is 1. The Morgan fingerprint density at radius 2 is 2.24 bits per heavy atom. The molecule has 0 saturated heterocycles. The molecule has 0 spiro atoms. The first-order valence-electron chi connectivity index (χ1n) is 5.62. The number of halogens is 2. The number of imidazole rings is 1. The van der Waals surface area contributed by atoms with Gasteiger partial charge in [-0.2, -0.15) is 0 Å². The third-order valence-corrected chi connectivity index (χ3v) is 3.01. The second-order valence-electron chi connectivity index (χ2n) is 3.83. The van der Waals surface area contributed by atoms with E-state index >= 15 is 0 Å². The Hall–Kier alpha value is -0.940. The minimum Gasteiger partial charge on any atom is -0.381 e. The normalized spacial score (nSPS) is 11.2. The number of fused-ring (bicyclic) bond motifs is 1. The van der Waals surface area contributed by atoms with Gasteiger partial charge in [0.2, 0.25) is 0 Å². The van der Waals surface area contributed by atoms with Crippen molar-refractivity contribution in [2.24, 2.45) is 0 Å². The summed E-state index contributed by atoms with van der Waals surface area (Å²) in [5.74, 6) is 0.545. The summed E-state index contributed by atoms with van der Waals surface area (Å²) in [6, 6.07) is 3.13. The highest BCUT2D eigenvalue weighted by atomic mass is 79.9. The van der Waals surface area contributed by atoms with Gasteiger partial charge in [-0.1, -0.05) is 6.92 Å². The van der Waals surface area contributed by atoms with E-state index in [0.717, 1.165) is 29.9 Å². The predicted molar refractivity (Wildman–Crippen MR) is 68.6 cm³/mol. The Morgan fingerprint density at radius 3 is 3.00 bits per heavy atom. The van der Waals surface area contributed by atoms with Crippen molar-refractivity contribution in [1.29, 1.82) is 0 Å². The van der Waals surface area contributed by atoms with Crippen LogP contribution in [0.1, 0.15) is 19.2 Å². The highest BCUT2D eigenvalue weighted by molar-refractivity contribution is 9.10. The molecule has 0 bridgehead atoms. The van der Waals surface area contributed by atoms with E-state index < -0.39 is 0 Å². The molecule has 2 aromatic rings. The molecule has 1 heterocycles. The van der Waals surface area contributed by atoms with Crippen LogP contribution in [-0.2, 0) is 11.2 Å². The van der Waals surface area contributed by atoms with Gasteiger partial charge in [-0.3, -0.25) is 0 Å².